The van der Waals surface area contributed by atoms with Crippen LogP contribution < -0.4 is 10.6 Å². The van der Waals surface area contributed by atoms with Gasteiger partial charge < -0.3 is 15.7 Å². The Morgan fingerprint density at radius 3 is 2.62 bits per heavy atom. The Labute approximate surface area is 179 Å². The number of hydrogen-bond donors (Lipinski definition) is 3. The van der Waals surface area contributed by atoms with E-state index in [-0.39, 0.29) is 0 Å². The highest BCUT2D eigenvalue weighted by atomic mass is 16.2. The van der Waals surface area contributed by atoms with Crippen LogP contribution in [-0.4, -0.2) is 37.9 Å². The van der Waals surface area contributed by atoms with Crippen LogP contribution in [0.4, 0.5) is 0 Å². The van der Waals surface area contributed by atoms with E-state index in [1.54, 1.807) is 11.1 Å². The SMILES string of the molecule is CC(C)c1ccc2c(c1)CC[C@H]1[C@](C)(CNCCNCCCCO)CCC[C@]21C. The number of benzene rings is 1. The van der Waals surface area contributed by atoms with Crippen molar-refractivity contribution in [3.05, 3.63) is 34.9 Å². The summed E-state index contributed by atoms with van der Waals surface area (Å²) in [4.78, 5) is 0. The second-order valence-electron chi connectivity index (χ2n) is 10.4. The Balaban J connectivity index is 1.61. The fourth-order valence-corrected chi connectivity index (χ4v) is 6.25. The largest absolute Gasteiger partial charge is 0.396 e. The molecule has 3 rings (SSSR count). The van der Waals surface area contributed by atoms with Crippen LogP contribution in [-0.2, 0) is 11.8 Å². The molecule has 1 saturated carbocycles. The minimum absolute atomic E-state index is 0.306. The van der Waals surface area contributed by atoms with Crippen LogP contribution >= 0.6 is 0 Å². The Morgan fingerprint density at radius 2 is 1.86 bits per heavy atom. The number of aliphatic hydroxyl groups excluding tert-OH is 1. The molecule has 0 spiro atoms. The third-order valence-electron chi connectivity index (χ3n) is 7.94. The summed E-state index contributed by atoms with van der Waals surface area (Å²) in [5, 5.41) is 16.1. The minimum Gasteiger partial charge on any atom is -0.396 e. The first-order valence-corrected chi connectivity index (χ1v) is 12.1. The fraction of sp³-hybridized carbons (Fsp3) is 0.769. The number of unbranched alkanes of at least 4 members (excludes halogenated alkanes) is 1. The molecule has 0 saturated heterocycles. The summed E-state index contributed by atoms with van der Waals surface area (Å²) in [6.07, 6.45) is 8.58. The van der Waals surface area contributed by atoms with Gasteiger partial charge in [0.1, 0.15) is 0 Å². The molecule has 0 aliphatic heterocycles. The average molecular weight is 401 g/mol. The molecule has 1 aromatic rings. The van der Waals surface area contributed by atoms with E-state index in [0.29, 0.717) is 23.4 Å². The number of fused-ring (bicyclic) bond motifs is 3. The van der Waals surface area contributed by atoms with Crippen molar-refractivity contribution in [3.8, 4) is 0 Å². The molecule has 1 fully saturated rings. The van der Waals surface area contributed by atoms with Gasteiger partial charge in [0.05, 0.1) is 0 Å². The zero-order valence-electron chi connectivity index (χ0n) is 19.3. The first kappa shape index (κ1) is 22.8. The molecule has 0 unspecified atom stereocenters. The molecule has 0 heterocycles. The number of hydrogen-bond acceptors (Lipinski definition) is 3. The summed E-state index contributed by atoms with van der Waals surface area (Å²) in [6, 6.07) is 7.38. The van der Waals surface area contributed by atoms with Gasteiger partial charge in [0, 0.05) is 26.2 Å². The molecule has 0 amide bonds. The van der Waals surface area contributed by atoms with Gasteiger partial charge in [-0.3, -0.25) is 0 Å². The lowest BCUT2D eigenvalue weighted by atomic mass is 9.49. The Hall–Kier alpha value is -0.900. The van der Waals surface area contributed by atoms with Crippen LogP contribution in [0.1, 0.15) is 88.8 Å². The van der Waals surface area contributed by atoms with Gasteiger partial charge in [-0.2, -0.15) is 0 Å². The van der Waals surface area contributed by atoms with Crippen LogP contribution in [0.25, 0.3) is 0 Å². The molecule has 3 atom stereocenters. The summed E-state index contributed by atoms with van der Waals surface area (Å²) in [5.74, 6) is 1.38. The van der Waals surface area contributed by atoms with E-state index < -0.39 is 0 Å². The zero-order chi connectivity index (χ0) is 20.9. The standard InChI is InChI=1S/C26H44N2O/c1-20(2)21-8-10-23-22(18-21)9-11-24-25(3,12-7-13-26(23,24)4)19-28-16-15-27-14-5-6-17-29/h8,10,18,20,24,27-29H,5-7,9,11-17,19H2,1-4H3/t24-,25-,26+/m0/s1. The van der Waals surface area contributed by atoms with Crippen LogP contribution in [0.2, 0.25) is 0 Å². The normalized spacial score (nSPS) is 29.0. The number of aryl methyl sites for hydroxylation is 1. The van der Waals surface area contributed by atoms with E-state index in [1.165, 1.54) is 37.7 Å². The minimum atomic E-state index is 0.306. The summed E-state index contributed by atoms with van der Waals surface area (Å²) in [6.45, 7) is 14.2. The monoisotopic (exact) mass is 400 g/mol. The van der Waals surface area contributed by atoms with Crippen molar-refractivity contribution in [2.75, 3.05) is 32.8 Å². The van der Waals surface area contributed by atoms with Crippen molar-refractivity contribution in [2.45, 2.75) is 84.0 Å². The van der Waals surface area contributed by atoms with Gasteiger partial charge in [-0.15, -0.1) is 0 Å². The maximum atomic E-state index is 8.85. The Kier molecular flexibility index (Phi) is 7.81. The molecule has 2 aliphatic rings. The number of aliphatic hydroxyl groups is 1. The van der Waals surface area contributed by atoms with E-state index in [4.69, 9.17) is 5.11 Å². The Bertz CT molecular complexity index is 658. The molecule has 29 heavy (non-hydrogen) atoms. The molecular weight excluding hydrogens is 356 g/mol. The molecule has 3 nitrogen and oxygen atoms in total. The summed E-state index contributed by atoms with van der Waals surface area (Å²) >= 11 is 0. The third kappa shape index (κ3) is 5.06. The van der Waals surface area contributed by atoms with E-state index in [0.717, 1.165) is 44.9 Å². The lowest BCUT2D eigenvalue weighted by Gasteiger charge is -2.55. The topological polar surface area (TPSA) is 44.3 Å². The summed E-state index contributed by atoms with van der Waals surface area (Å²) in [5.41, 5.74) is 5.49. The quantitative estimate of drug-likeness (QED) is 0.496. The summed E-state index contributed by atoms with van der Waals surface area (Å²) < 4.78 is 0. The Morgan fingerprint density at radius 1 is 1.07 bits per heavy atom. The van der Waals surface area contributed by atoms with E-state index >= 15 is 0 Å². The molecule has 0 radical (unpaired) electrons. The molecule has 1 aromatic carbocycles. The summed E-state index contributed by atoms with van der Waals surface area (Å²) in [7, 11) is 0. The second-order valence-corrected chi connectivity index (χ2v) is 10.4. The predicted molar refractivity (Wildman–Crippen MR) is 124 cm³/mol. The van der Waals surface area contributed by atoms with Crippen molar-refractivity contribution in [1.29, 1.82) is 0 Å². The lowest BCUT2D eigenvalue weighted by molar-refractivity contribution is 0.0261. The van der Waals surface area contributed by atoms with Gasteiger partial charge in [0.2, 0.25) is 0 Å². The van der Waals surface area contributed by atoms with Crippen molar-refractivity contribution >= 4 is 0 Å². The molecule has 0 bridgehead atoms. The second kappa shape index (κ2) is 9.94. The molecular formula is C26H44N2O. The van der Waals surface area contributed by atoms with Gasteiger partial charge in [-0.25, -0.2) is 0 Å². The first-order valence-electron chi connectivity index (χ1n) is 12.1. The highest BCUT2D eigenvalue weighted by molar-refractivity contribution is 5.42. The predicted octanol–water partition coefficient (Wildman–Crippen LogP) is 4.77. The lowest BCUT2D eigenvalue weighted by Crippen LogP contribution is -2.53. The van der Waals surface area contributed by atoms with Crippen LogP contribution in [0.15, 0.2) is 18.2 Å². The van der Waals surface area contributed by atoms with Crippen LogP contribution in [0, 0.1) is 11.3 Å². The van der Waals surface area contributed by atoms with Crippen molar-refractivity contribution in [3.63, 3.8) is 0 Å². The molecule has 3 heteroatoms. The highest BCUT2D eigenvalue weighted by Gasteiger charge is 2.51. The smallest absolute Gasteiger partial charge is 0.0431 e. The van der Waals surface area contributed by atoms with E-state index in [9.17, 15) is 0 Å². The number of rotatable bonds is 10. The zero-order valence-corrected chi connectivity index (χ0v) is 19.3. The molecule has 0 aromatic heterocycles. The van der Waals surface area contributed by atoms with E-state index in [1.807, 2.05) is 0 Å². The maximum Gasteiger partial charge on any atom is 0.0431 e. The van der Waals surface area contributed by atoms with Gasteiger partial charge in [-0.1, -0.05) is 52.3 Å². The highest BCUT2D eigenvalue weighted by Crippen LogP contribution is 2.57. The average Bonchev–Trinajstić information content (AvgIpc) is 2.69. The molecule has 3 N–H and O–H groups in total. The first-order chi connectivity index (χ1) is 13.9. The fourth-order valence-electron chi connectivity index (χ4n) is 6.25. The van der Waals surface area contributed by atoms with Gasteiger partial charge in [0.25, 0.3) is 0 Å². The maximum absolute atomic E-state index is 8.85. The van der Waals surface area contributed by atoms with Gasteiger partial charge in [-0.05, 0) is 84.4 Å². The van der Waals surface area contributed by atoms with Crippen LogP contribution in [0.3, 0.4) is 0 Å². The molecule has 164 valence electrons. The number of nitrogens with one attached hydrogen (secondary N) is 2. The van der Waals surface area contributed by atoms with E-state index in [2.05, 4.69) is 56.5 Å². The van der Waals surface area contributed by atoms with Crippen molar-refractivity contribution in [2.24, 2.45) is 11.3 Å². The van der Waals surface area contributed by atoms with Gasteiger partial charge in [0.15, 0.2) is 0 Å². The molecule has 2 aliphatic carbocycles. The van der Waals surface area contributed by atoms with Crippen molar-refractivity contribution < 1.29 is 5.11 Å². The van der Waals surface area contributed by atoms with Crippen molar-refractivity contribution in [1.82, 2.24) is 10.6 Å². The van der Waals surface area contributed by atoms with Gasteiger partial charge >= 0.3 is 0 Å². The third-order valence-corrected chi connectivity index (χ3v) is 7.94. The van der Waals surface area contributed by atoms with Crippen LogP contribution in [0.5, 0.6) is 0 Å².